The van der Waals surface area contributed by atoms with E-state index in [4.69, 9.17) is 0 Å². The number of hydrogen-bond acceptors (Lipinski definition) is 3. The Morgan fingerprint density at radius 1 is 0.891 bits per heavy atom. The molecule has 252 valence electrons. The Morgan fingerprint density at radius 2 is 1.59 bits per heavy atom. The number of allylic oxidation sites excluding steroid dienone is 8. The minimum Gasteiger partial charge on any atom is -0.300 e. The van der Waals surface area contributed by atoms with Crippen LogP contribution in [0, 0.1) is 30.6 Å². The molecular weight excluding hydrogens is 564 g/mol. The van der Waals surface area contributed by atoms with Crippen LogP contribution in [0.3, 0.4) is 0 Å². The second-order valence-corrected chi connectivity index (χ2v) is 14.3. The highest BCUT2D eigenvalue weighted by atomic mass is 16.1. The first-order valence-corrected chi connectivity index (χ1v) is 18.6. The standard InChI is InChI=1S/C40H54O3.C3H8/c1-5-14-34(35(6-2)38(42)23-29(4)41)25-32-26-37-36(22-19-28(3)40(37)39(43)27-32)33-18-13-8-7-10-17-31(20-21-33)24-30-15-11-9-12-16-30;1-3-2/h7-8,10,13,19-22,30,32,34-35H,5-6,9,11-12,14-18,23-27H2,1-4H3;3H2,1-2H3/b10-7-,13-8-,31-20+,33-21+;. The van der Waals surface area contributed by atoms with Crippen LogP contribution in [-0.4, -0.2) is 17.3 Å². The molecule has 0 radical (unpaired) electrons. The van der Waals surface area contributed by atoms with Crippen molar-refractivity contribution in [1.29, 1.82) is 0 Å². The van der Waals surface area contributed by atoms with Gasteiger partial charge in [-0.15, -0.1) is 0 Å². The molecule has 0 aliphatic heterocycles. The molecule has 3 aliphatic carbocycles. The minimum absolute atomic E-state index is 0.0294. The highest BCUT2D eigenvalue weighted by Gasteiger charge is 2.34. The zero-order valence-corrected chi connectivity index (χ0v) is 30.0. The van der Waals surface area contributed by atoms with Gasteiger partial charge >= 0.3 is 0 Å². The summed E-state index contributed by atoms with van der Waals surface area (Å²) in [5.41, 5.74) is 7.21. The molecule has 3 atom stereocenters. The molecule has 0 amide bonds. The molecule has 0 heterocycles. The van der Waals surface area contributed by atoms with Crippen molar-refractivity contribution in [1.82, 2.24) is 0 Å². The van der Waals surface area contributed by atoms with Gasteiger partial charge in [0.05, 0.1) is 6.42 Å². The molecule has 1 fully saturated rings. The third kappa shape index (κ3) is 11.2. The van der Waals surface area contributed by atoms with Crippen LogP contribution in [0.15, 0.2) is 54.2 Å². The van der Waals surface area contributed by atoms with Crippen LogP contribution in [0.1, 0.15) is 158 Å². The molecule has 0 saturated heterocycles. The molecule has 1 aromatic rings. The van der Waals surface area contributed by atoms with Crippen molar-refractivity contribution in [2.24, 2.45) is 23.7 Å². The number of benzene rings is 1. The minimum atomic E-state index is -0.107. The normalized spacial score (nSPS) is 23.7. The molecule has 3 aliphatic rings. The van der Waals surface area contributed by atoms with Gasteiger partial charge in [0.25, 0.3) is 0 Å². The molecule has 3 nitrogen and oxygen atoms in total. The number of aryl methyl sites for hydroxylation is 1. The van der Waals surface area contributed by atoms with Gasteiger partial charge in [0.15, 0.2) is 5.78 Å². The number of carbonyl (C=O) groups is 3. The second kappa shape index (κ2) is 19.8. The van der Waals surface area contributed by atoms with E-state index in [2.05, 4.69) is 83.2 Å². The van der Waals surface area contributed by atoms with Gasteiger partial charge in [-0.05, 0) is 92.4 Å². The van der Waals surface area contributed by atoms with Crippen LogP contribution < -0.4 is 0 Å². The zero-order chi connectivity index (χ0) is 33.5. The number of ketones is 3. The van der Waals surface area contributed by atoms with Crippen molar-refractivity contribution >= 4 is 22.9 Å². The van der Waals surface area contributed by atoms with Gasteiger partial charge in [-0.1, -0.05) is 133 Å². The van der Waals surface area contributed by atoms with Gasteiger partial charge in [0, 0.05) is 17.9 Å². The van der Waals surface area contributed by atoms with E-state index < -0.39 is 0 Å². The maximum Gasteiger partial charge on any atom is 0.163 e. The van der Waals surface area contributed by atoms with E-state index in [1.165, 1.54) is 74.1 Å². The number of rotatable bonds is 12. The van der Waals surface area contributed by atoms with E-state index in [0.717, 1.165) is 62.0 Å². The Kier molecular flexibility index (Phi) is 16.2. The lowest BCUT2D eigenvalue weighted by molar-refractivity contribution is -0.129. The molecular formula is C43H62O3. The van der Waals surface area contributed by atoms with Gasteiger partial charge in [0.1, 0.15) is 11.6 Å². The first-order valence-electron chi connectivity index (χ1n) is 18.6. The summed E-state index contributed by atoms with van der Waals surface area (Å²) < 4.78 is 0. The molecule has 1 aromatic carbocycles. The Balaban J connectivity index is 0.00000185. The number of Topliss-reactive ketones (excluding diaryl/α,β-unsaturated/α-hetero) is 3. The monoisotopic (exact) mass is 626 g/mol. The molecule has 1 saturated carbocycles. The largest absolute Gasteiger partial charge is 0.300 e. The summed E-state index contributed by atoms with van der Waals surface area (Å²) in [4.78, 5) is 38.6. The first kappa shape index (κ1) is 37.6. The van der Waals surface area contributed by atoms with E-state index in [-0.39, 0.29) is 41.5 Å². The van der Waals surface area contributed by atoms with Crippen LogP contribution in [0.5, 0.6) is 0 Å². The highest BCUT2D eigenvalue weighted by Crippen LogP contribution is 2.40. The molecule has 0 bridgehead atoms. The molecule has 3 unspecified atom stereocenters. The second-order valence-electron chi connectivity index (χ2n) is 14.3. The third-order valence-electron chi connectivity index (χ3n) is 10.2. The third-order valence-corrected chi connectivity index (χ3v) is 10.2. The Morgan fingerprint density at radius 3 is 2.24 bits per heavy atom. The van der Waals surface area contributed by atoms with Crippen LogP contribution >= 0.6 is 0 Å². The number of fused-ring (bicyclic) bond motifs is 1. The fourth-order valence-electron chi connectivity index (χ4n) is 8.08. The Hall–Kier alpha value is -2.81. The lowest BCUT2D eigenvalue weighted by Crippen LogP contribution is -2.30. The van der Waals surface area contributed by atoms with Crippen LogP contribution in [0.25, 0.3) is 5.57 Å². The highest BCUT2D eigenvalue weighted by molar-refractivity contribution is 6.01. The van der Waals surface area contributed by atoms with Crippen molar-refractivity contribution in [3.8, 4) is 0 Å². The van der Waals surface area contributed by atoms with Crippen LogP contribution in [0.2, 0.25) is 0 Å². The Labute approximate surface area is 281 Å². The van der Waals surface area contributed by atoms with E-state index >= 15 is 0 Å². The maximum absolute atomic E-state index is 13.7. The molecule has 4 rings (SSSR count). The smallest absolute Gasteiger partial charge is 0.163 e. The van der Waals surface area contributed by atoms with E-state index in [9.17, 15) is 14.4 Å². The molecule has 0 aromatic heterocycles. The predicted molar refractivity (Wildman–Crippen MR) is 195 cm³/mol. The zero-order valence-electron chi connectivity index (χ0n) is 30.0. The van der Waals surface area contributed by atoms with Crippen molar-refractivity contribution in [2.45, 2.75) is 144 Å². The van der Waals surface area contributed by atoms with Gasteiger partial charge in [0.2, 0.25) is 0 Å². The quantitative estimate of drug-likeness (QED) is 0.217. The van der Waals surface area contributed by atoms with Gasteiger partial charge in [-0.25, -0.2) is 0 Å². The fraction of sp³-hybridized carbons (Fsp3) is 0.605. The lowest BCUT2D eigenvalue weighted by atomic mass is 9.71. The topological polar surface area (TPSA) is 51.2 Å². The molecule has 0 spiro atoms. The van der Waals surface area contributed by atoms with Gasteiger partial charge < -0.3 is 0 Å². The summed E-state index contributed by atoms with van der Waals surface area (Å²) in [6, 6.07) is 4.38. The van der Waals surface area contributed by atoms with Gasteiger partial charge in [-0.3, -0.25) is 14.4 Å². The van der Waals surface area contributed by atoms with E-state index in [1.807, 2.05) is 0 Å². The van der Waals surface area contributed by atoms with Crippen molar-refractivity contribution < 1.29 is 14.4 Å². The molecule has 0 N–H and O–H groups in total. The predicted octanol–water partition coefficient (Wildman–Crippen LogP) is 11.7. The number of carbonyl (C=O) groups excluding carboxylic acids is 3. The Bertz CT molecular complexity index is 1280. The number of hydrogen-bond donors (Lipinski definition) is 0. The summed E-state index contributed by atoms with van der Waals surface area (Å²) in [6.45, 7) is 12.1. The average Bonchev–Trinajstić information content (AvgIpc) is 3.01. The molecule has 3 heteroatoms. The summed E-state index contributed by atoms with van der Waals surface area (Å²) in [5, 5.41) is 0. The maximum atomic E-state index is 13.7. The van der Waals surface area contributed by atoms with Crippen LogP contribution in [-0.2, 0) is 16.0 Å². The van der Waals surface area contributed by atoms with Crippen LogP contribution in [0.4, 0.5) is 0 Å². The lowest BCUT2D eigenvalue weighted by Gasteiger charge is -2.33. The van der Waals surface area contributed by atoms with Gasteiger partial charge in [-0.2, -0.15) is 0 Å². The summed E-state index contributed by atoms with van der Waals surface area (Å²) >= 11 is 0. The fourth-order valence-corrected chi connectivity index (χ4v) is 8.08. The average molecular weight is 627 g/mol. The summed E-state index contributed by atoms with van der Waals surface area (Å²) in [7, 11) is 0. The van der Waals surface area contributed by atoms with E-state index in [0.29, 0.717) is 6.42 Å². The van der Waals surface area contributed by atoms with Crippen molar-refractivity contribution in [3.05, 3.63) is 76.4 Å². The summed E-state index contributed by atoms with van der Waals surface area (Å²) in [6.07, 6.45) is 29.7. The van der Waals surface area contributed by atoms with E-state index in [1.54, 1.807) is 0 Å². The molecule has 46 heavy (non-hydrogen) atoms. The van der Waals surface area contributed by atoms with Crippen molar-refractivity contribution in [3.63, 3.8) is 0 Å². The summed E-state index contributed by atoms with van der Waals surface area (Å²) in [5.74, 6) is 1.39. The SMILES string of the molecule is CCC.CCCC(CC1CC(=O)c2c(C)ccc(/C3=C/C=C(/CC4CCCCC4)C/C=C\C=C/C3)c2C1)C(CC)C(=O)CC(C)=O. The first-order chi connectivity index (χ1) is 22.2. The van der Waals surface area contributed by atoms with Crippen molar-refractivity contribution in [2.75, 3.05) is 0 Å².